The molecule has 0 aliphatic heterocycles. The molecular formula is C5H10Cl2O4. The van der Waals surface area contributed by atoms with Crippen LogP contribution in [0.25, 0.3) is 0 Å². The van der Waals surface area contributed by atoms with E-state index < -0.39 is 17.6 Å². The van der Waals surface area contributed by atoms with Crippen molar-refractivity contribution in [2.45, 2.75) is 14.9 Å². The monoisotopic (exact) mass is 204 g/mol. The zero-order valence-corrected chi connectivity index (χ0v) is 5.61. The van der Waals surface area contributed by atoms with Crippen LogP contribution >= 0.6 is 23.2 Å². The maximum atomic E-state index is 9.73. The Morgan fingerprint density at radius 3 is 1.45 bits per heavy atom. The molecule has 0 bridgehead atoms. The third-order valence-electron chi connectivity index (χ3n) is 0.345. The fraction of sp³-hybridized carbons (Fsp3) is 0.600. The van der Waals surface area contributed by atoms with Gasteiger partial charge in [0.1, 0.15) is 0 Å². The van der Waals surface area contributed by atoms with Gasteiger partial charge in [0.15, 0.2) is 0 Å². The Labute approximate surface area is 75.4 Å². The fourth-order valence-electron chi connectivity index (χ4n) is 0.122. The number of hydrogen-bond donors (Lipinski definition) is 0. The van der Waals surface area contributed by atoms with Crippen molar-refractivity contribution in [3.8, 4) is 0 Å². The number of carbonyl (C=O) groups is 2. The number of hydrogen-bond acceptors (Lipinski definition) is 4. The van der Waals surface area contributed by atoms with E-state index in [1.54, 1.807) is 0 Å². The van der Waals surface area contributed by atoms with Gasteiger partial charge in [-0.1, -0.05) is 14.9 Å². The summed E-state index contributed by atoms with van der Waals surface area (Å²) in [5, 5.41) is 0. The Bertz CT molecular complexity index is 112. The van der Waals surface area contributed by atoms with Crippen LogP contribution in [-0.2, 0) is 9.47 Å². The summed E-state index contributed by atoms with van der Waals surface area (Å²) in [6.45, 7) is -0.551. The highest BCUT2D eigenvalue weighted by Gasteiger charge is 1.97. The van der Waals surface area contributed by atoms with Crippen molar-refractivity contribution in [2.24, 2.45) is 0 Å². The third kappa shape index (κ3) is 17.7. The standard InChI is InChI=1S/C3H2Cl2O4.2CH4/c4-2(6)8-1-9-3(5)7;;/h1H2;2*1H4. The third-order valence-corrected chi connectivity index (χ3v) is 0.563. The molecule has 0 N–H and O–H groups in total. The van der Waals surface area contributed by atoms with Gasteiger partial charge in [0.05, 0.1) is 0 Å². The second kappa shape index (κ2) is 9.52. The maximum absolute atomic E-state index is 9.73. The molecule has 6 heteroatoms. The molecule has 0 saturated heterocycles. The van der Waals surface area contributed by atoms with E-state index in [1.807, 2.05) is 0 Å². The zero-order chi connectivity index (χ0) is 7.28. The van der Waals surface area contributed by atoms with Crippen molar-refractivity contribution >= 4 is 34.1 Å². The van der Waals surface area contributed by atoms with E-state index in [1.165, 1.54) is 0 Å². The van der Waals surface area contributed by atoms with Gasteiger partial charge >= 0.3 is 10.9 Å². The van der Waals surface area contributed by atoms with Crippen LogP contribution < -0.4 is 0 Å². The summed E-state index contributed by atoms with van der Waals surface area (Å²) in [5.41, 5.74) is -2.10. The number of ether oxygens (including phenoxy) is 2. The van der Waals surface area contributed by atoms with Crippen LogP contribution in [0.3, 0.4) is 0 Å². The molecule has 0 fully saturated rings. The van der Waals surface area contributed by atoms with Crippen LogP contribution in [0.1, 0.15) is 14.9 Å². The molecule has 0 saturated carbocycles. The number of carbonyl (C=O) groups excluding carboxylic acids is 2. The van der Waals surface area contributed by atoms with Gasteiger partial charge in [0.2, 0.25) is 6.79 Å². The number of rotatable bonds is 2. The lowest BCUT2D eigenvalue weighted by Gasteiger charge is -1.96. The average molecular weight is 205 g/mol. The molecule has 0 radical (unpaired) electrons. The molecule has 0 spiro atoms. The molecule has 0 aliphatic carbocycles. The fourth-order valence-corrected chi connectivity index (χ4v) is 0.211. The molecule has 0 aliphatic rings. The first kappa shape index (κ1) is 16.9. The smallest absolute Gasteiger partial charge is 0.406 e. The maximum Gasteiger partial charge on any atom is 0.406 e. The highest BCUT2D eigenvalue weighted by Crippen LogP contribution is 1.90. The molecule has 68 valence electrons. The average Bonchev–Trinajstić information content (AvgIpc) is 1.63. The number of halogens is 2. The SMILES string of the molecule is C.C.O=C(Cl)OCOC(=O)Cl. The first-order valence-corrected chi connectivity index (χ1v) is 2.53. The summed E-state index contributed by atoms with van der Waals surface area (Å²) < 4.78 is 7.90. The largest absolute Gasteiger partial charge is 0.416 e. The first-order chi connectivity index (χ1) is 4.13. The summed E-state index contributed by atoms with van der Waals surface area (Å²) >= 11 is 9.33. The summed E-state index contributed by atoms with van der Waals surface area (Å²) in [6, 6.07) is 0. The molecule has 0 aromatic rings. The van der Waals surface area contributed by atoms with Gasteiger partial charge in [-0.15, -0.1) is 0 Å². The minimum atomic E-state index is -1.05. The Morgan fingerprint density at radius 1 is 1.00 bits per heavy atom. The van der Waals surface area contributed by atoms with E-state index in [2.05, 4.69) is 32.7 Å². The normalized spacial score (nSPS) is 6.73. The molecule has 0 rings (SSSR count). The molecular weight excluding hydrogens is 195 g/mol. The van der Waals surface area contributed by atoms with Crippen LogP contribution in [0, 0.1) is 0 Å². The van der Waals surface area contributed by atoms with Gasteiger partial charge in [-0.05, 0) is 0 Å². The van der Waals surface area contributed by atoms with E-state index in [0.29, 0.717) is 0 Å². The van der Waals surface area contributed by atoms with Crippen LogP contribution in [-0.4, -0.2) is 17.6 Å². The van der Waals surface area contributed by atoms with Crippen LogP contribution in [0.15, 0.2) is 0 Å². The van der Waals surface area contributed by atoms with Crippen molar-refractivity contribution in [2.75, 3.05) is 6.79 Å². The zero-order valence-electron chi connectivity index (χ0n) is 4.10. The van der Waals surface area contributed by atoms with Crippen molar-refractivity contribution in [3.63, 3.8) is 0 Å². The van der Waals surface area contributed by atoms with Crippen molar-refractivity contribution in [1.82, 2.24) is 0 Å². The minimum Gasteiger partial charge on any atom is -0.416 e. The minimum absolute atomic E-state index is 0. The lowest BCUT2D eigenvalue weighted by atomic mass is 11.3. The lowest BCUT2D eigenvalue weighted by Crippen LogP contribution is -2.02. The van der Waals surface area contributed by atoms with Gasteiger partial charge in [0, 0.05) is 23.2 Å². The molecule has 0 amide bonds. The van der Waals surface area contributed by atoms with E-state index in [0.717, 1.165) is 0 Å². The second-order valence-electron chi connectivity index (χ2n) is 0.882. The van der Waals surface area contributed by atoms with Crippen molar-refractivity contribution < 1.29 is 19.1 Å². The van der Waals surface area contributed by atoms with Gasteiger partial charge in [-0.3, -0.25) is 0 Å². The predicted molar refractivity (Wildman–Crippen MR) is 43.0 cm³/mol. The Balaban J connectivity index is -0.000000320. The van der Waals surface area contributed by atoms with E-state index >= 15 is 0 Å². The molecule has 4 nitrogen and oxygen atoms in total. The van der Waals surface area contributed by atoms with Crippen LogP contribution in [0.4, 0.5) is 9.59 Å². The second-order valence-corrected chi connectivity index (χ2v) is 1.50. The molecule has 0 atom stereocenters. The summed E-state index contributed by atoms with van der Waals surface area (Å²) in [7, 11) is 0. The van der Waals surface area contributed by atoms with Gasteiger partial charge < -0.3 is 9.47 Å². The summed E-state index contributed by atoms with van der Waals surface area (Å²) in [6.07, 6.45) is 0. The Kier molecular flexibility index (Phi) is 14.6. The van der Waals surface area contributed by atoms with Gasteiger partial charge in [-0.25, -0.2) is 9.59 Å². The first-order valence-electron chi connectivity index (χ1n) is 1.77. The predicted octanol–water partition coefficient (Wildman–Crippen LogP) is 2.97. The van der Waals surface area contributed by atoms with Crippen molar-refractivity contribution in [3.05, 3.63) is 0 Å². The Morgan fingerprint density at radius 2 is 1.27 bits per heavy atom. The molecule has 0 aromatic carbocycles. The quantitative estimate of drug-likeness (QED) is 0.513. The van der Waals surface area contributed by atoms with Gasteiger partial charge in [0.25, 0.3) is 0 Å². The van der Waals surface area contributed by atoms with Gasteiger partial charge in [-0.2, -0.15) is 0 Å². The van der Waals surface area contributed by atoms with Crippen molar-refractivity contribution in [1.29, 1.82) is 0 Å². The lowest BCUT2D eigenvalue weighted by molar-refractivity contribution is 0.0475. The van der Waals surface area contributed by atoms with E-state index in [9.17, 15) is 9.59 Å². The topological polar surface area (TPSA) is 52.6 Å². The molecule has 0 aromatic heterocycles. The summed E-state index contributed by atoms with van der Waals surface area (Å²) in [5.74, 6) is 0. The molecule has 0 unspecified atom stereocenters. The van der Waals surface area contributed by atoms with Crippen LogP contribution in [0.5, 0.6) is 0 Å². The van der Waals surface area contributed by atoms with E-state index in [-0.39, 0.29) is 14.9 Å². The molecule has 0 heterocycles. The summed E-state index contributed by atoms with van der Waals surface area (Å²) in [4.78, 5) is 19.5. The Hall–Kier alpha value is -0.480. The van der Waals surface area contributed by atoms with Crippen LogP contribution in [0.2, 0.25) is 0 Å². The highest BCUT2D eigenvalue weighted by atomic mass is 35.5. The highest BCUT2D eigenvalue weighted by molar-refractivity contribution is 6.61. The molecule has 11 heavy (non-hydrogen) atoms. The van der Waals surface area contributed by atoms with E-state index in [4.69, 9.17) is 0 Å².